The minimum absolute atomic E-state index is 0.0211. The van der Waals surface area contributed by atoms with E-state index in [2.05, 4.69) is 4.98 Å². The number of furan rings is 1. The molecule has 3 aromatic rings. The predicted octanol–water partition coefficient (Wildman–Crippen LogP) is 3.46. The average molecular weight is 390 g/mol. The molecule has 4 rings (SSSR count). The Kier molecular flexibility index (Phi) is 4.87. The summed E-state index contributed by atoms with van der Waals surface area (Å²) >= 11 is 0. The average Bonchev–Trinajstić information content (AvgIpc) is 3.37. The maximum atomic E-state index is 13.1. The minimum Gasteiger partial charge on any atom is -0.503 e. The van der Waals surface area contributed by atoms with Gasteiger partial charge in [0, 0.05) is 18.9 Å². The van der Waals surface area contributed by atoms with Crippen LogP contribution in [0, 0.1) is 0 Å². The van der Waals surface area contributed by atoms with Crippen molar-refractivity contribution in [3.05, 3.63) is 95.4 Å². The molecule has 29 heavy (non-hydrogen) atoms. The van der Waals surface area contributed by atoms with Gasteiger partial charge in [-0.3, -0.25) is 14.6 Å². The van der Waals surface area contributed by atoms with Gasteiger partial charge in [0.25, 0.3) is 5.91 Å². The van der Waals surface area contributed by atoms with E-state index < -0.39 is 23.5 Å². The number of pyridine rings is 1. The molecule has 146 valence electrons. The third-order valence-electron chi connectivity index (χ3n) is 4.81. The Morgan fingerprint density at radius 1 is 1.21 bits per heavy atom. The van der Waals surface area contributed by atoms with Crippen LogP contribution in [-0.2, 0) is 11.3 Å². The first-order valence-electron chi connectivity index (χ1n) is 8.95. The van der Waals surface area contributed by atoms with Gasteiger partial charge in [0.2, 0.25) is 5.78 Å². The molecule has 0 saturated heterocycles. The van der Waals surface area contributed by atoms with Crippen LogP contribution in [0.5, 0.6) is 5.75 Å². The standard InChI is InChI=1S/C22H18N2O5/c1-28-16-5-2-4-15(12-16)19-18(20(25)17-6-3-11-29-17)21(26)22(27)24(19)13-14-7-9-23-10-8-14/h2-12,19,26H,13H2,1H3. The van der Waals surface area contributed by atoms with Crippen LogP contribution in [0.25, 0.3) is 0 Å². The van der Waals surface area contributed by atoms with E-state index in [9.17, 15) is 14.7 Å². The number of carbonyl (C=O) groups is 2. The zero-order valence-corrected chi connectivity index (χ0v) is 15.6. The van der Waals surface area contributed by atoms with E-state index in [4.69, 9.17) is 9.15 Å². The van der Waals surface area contributed by atoms with Crippen molar-refractivity contribution < 1.29 is 23.8 Å². The quantitative estimate of drug-likeness (QED) is 0.648. The van der Waals surface area contributed by atoms with Crippen LogP contribution in [0.1, 0.15) is 27.7 Å². The number of carbonyl (C=O) groups excluding carboxylic acids is 2. The summed E-state index contributed by atoms with van der Waals surface area (Å²) < 4.78 is 10.5. The molecule has 0 radical (unpaired) electrons. The SMILES string of the molecule is COc1cccc(C2C(C(=O)c3ccco3)=C(O)C(=O)N2Cc2ccncc2)c1. The topological polar surface area (TPSA) is 92.9 Å². The highest BCUT2D eigenvalue weighted by atomic mass is 16.5. The van der Waals surface area contributed by atoms with E-state index in [1.54, 1.807) is 54.9 Å². The number of ketones is 1. The first-order chi connectivity index (χ1) is 14.1. The number of Topliss-reactive ketones (excluding diaryl/α,β-unsaturated/α-hetero) is 1. The lowest BCUT2D eigenvalue weighted by Gasteiger charge is -2.27. The molecule has 1 atom stereocenters. The van der Waals surface area contributed by atoms with Gasteiger partial charge >= 0.3 is 0 Å². The molecule has 1 aliphatic rings. The molecule has 7 nitrogen and oxygen atoms in total. The number of methoxy groups -OCH3 is 1. The lowest BCUT2D eigenvalue weighted by atomic mass is 9.94. The molecule has 3 heterocycles. The predicted molar refractivity (Wildman–Crippen MR) is 103 cm³/mol. The Balaban J connectivity index is 1.81. The molecule has 1 N–H and O–H groups in total. The number of hydrogen-bond donors (Lipinski definition) is 1. The van der Waals surface area contributed by atoms with Crippen molar-refractivity contribution in [2.75, 3.05) is 7.11 Å². The molecule has 0 aliphatic carbocycles. The van der Waals surface area contributed by atoms with Gasteiger partial charge in [-0.2, -0.15) is 0 Å². The Labute approximate surface area is 166 Å². The van der Waals surface area contributed by atoms with Gasteiger partial charge in [-0.1, -0.05) is 12.1 Å². The number of ether oxygens (including phenoxy) is 1. The highest BCUT2D eigenvalue weighted by molar-refractivity contribution is 6.15. The van der Waals surface area contributed by atoms with Crippen molar-refractivity contribution in [3.8, 4) is 5.75 Å². The Hall–Kier alpha value is -3.87. The highest BCUT2D eigenvalue weighted by Gasteiger charge is 2.44. The molecule has 1 amide bonds. The second-order valence-electron chi connectivity index (χ2n) is 6.54. The molecule has 1 unspecified atom stereocenters. The Morgan fingerprint density at radius 3 is 2.69 bits per heavy atom. The van der Waals surface area contributed by atoms with Crippen LogP contribution in [-0.4, -0.2) is 33.8 Å². The van der Waals surface area contributed by atoms with Crippen LogP contribution in [0.3, 0.4) is 0 Å². The summed E-state index contributed by atoms with van der Waals surface area (Å²) in [7, 11) is 1.54. The van der Waals surface area contributed by atoms with Crippen molar-refractivity contribution in [2.45, 2.75) is 12.6 Å². The molecular formula is C22H18N2O5. The maximum Gasteiger partial charge on any atom is 0.290 e. The zero-order chi connectivity index (χ0) is 20.4. The molecule has 0 saturated carbocycles. The lowest BCUT2D eigenvalue weighted by molar-refractivity contribution is -0.130. The highest BCUT2D eigenvalue weighted by Crippen LogP contribution is 2.40. The molecule has 0 spiro atoms. The van der Waals surface area contributed by atoms with Gasteiger partial charge in [-0.25, -0.2) is 0 Å². The van der Waals surface area contributed by atoms with Crippen LogP contribution >= 0.6 is 0 Å². The Morgan fingerprint density at radius 2 is 2.00 bits per heavy atom. The molecule has 0 bridgehead atoms. The first-order valence-corrected chi connectivity index (χ1v) is 8.95. The van der Waals surface area contributed by atoms with Gasteiger partial charge in [0.05, 0.1) is 25.0 Å². The van der Waals surface area contributed by atoms with Crippen molar-refractivity contribution in [1.82, 2.24) is 9.88 Å². The molecular weight excluding hydrogens is 372 g/mol. The van der Waals surface area contributed by atoms with Crippen LogP contribution < -0.4 is 4.74 Å². The summed E-state index contributed by atoms with van der Waals surface area (Å²) in [6, 6.07) is 12.9. The number of hydrogen-bond acceptors (Lipinski definition) is 6. The van der Waals surface area contributed by atoms with Crippen LogP contribution in [0.15, 0.2) is 82.9 Å². The van der Waals surface area contributed by atoms with Crippen LogP contribution in [0.4, 0.5) is 0 Å². The van der Waals surface area contributed by atoms with Crippen molar-refractivity contribution in [3.63, 3.8) is 0 Å². The number of aliphatic hydroxyl groups excluding tert-OH is 1. The largest absolute Gasteiger partial charge is 0.503 e. The van der Waals surface area contributed by atoms with Crippen molar-refractivity contribution in [2.24, 2.45) is 0 Å². The third-order valence-corrected chi connectivity index (χ3v) is 4.81. The molecule has 2 aromatic heterocycles. The lowest BCUT2D eigenvalue weighted by Crippen LogP contribution is -2.30. The fourth-order valence-corrected chi connectivity index (χ4v) is 3.43. The number of aromatic nitrogens is 1. The fourth-order valence-electron chi connectivity index (χ4n) is 3.43. The summed E-state index contributed by atoms with van der Waals surface area (Å²) in [4.78, 5) is 31.4. The van der Waals surface area contributed by atoms with Gasteiger partial charge in [0.15, 0.2) is 11.5 Å². The summed E-state index contributed by atoms with van der Waals surface area (Å²) in [5.74, 6) is -1.10. The zero-order valence-electron chi connectivity index (χ0n) is 15.6. The second kappa shape index (κ2) is 7.63. The summed E-state index contributed by atoms with van der Waals surface area (Å²) in [5.41, 5.74) is 1.44. The number of amides is 1. The minimum atomic E-state index is -0.789. The molecule has 1 aromatic carbocycles. The van der Waals surface area contributed by atoms with Crippen molar-refractivity contribution in [1.29, 1.82) is 0 Å². The normalized spacial score (nSPS) is 16.4. The van der Waals surface area contributed by atoms with Gasteiger partial charge < -0.3 is 19.2 Å². The van der Waals surface area contributed by atoms with E-state index in [0.29, 0.717) is 11.3 Å². The summed E-state index contributed by atoms with van der Waals surface area (Å²) in [5, 5.41) is 10.6. The van der Waals surface area contributed by atoms with Gasteiger partial charge in [0.1, 0.15) is 5.75 Å². The van der Waals surface area contributed by atoms with E-state index >= 15 is 0 Å². The van der Waals surface area contributed by atoms with E-state index in [1.165, 1.54) is 24.3 Å². The monoisotopic (exact) mass is 390 g/mol. The molecule has 1 aliphatic heterocycles. The third kappa shape index (κ3) is 3.38. The van der Waals surface area contributed by atoms with Gasteiger partial charge in [-0.05, 0) is 47.5 Å². The maximum absolute atomic E-state index is 13.1. The van der Waals surface area contributed by atoms with Gasteiger partial charge in [-0.15, -0.1) is 0 Å². The van der Waals surface area contributed by atoms with E-state index in [1.807, 2.05) is 0 Å². The Bertz CT molecular complexity index is 1070. The van der Waals surface area contributed by atoms with E-state index in [0.717, 1.165) is 5.56 Å². The fraction of sp³-hybridized carbons (Fsp3) is 0.136. The van der Waals surface area contributed by atoms with Crippen molar-refractivity contribution >= 4 is 11.7 Å². The van der Waals surface area contributed by atoms with E-state index in [-0.39, 0.29) is 17.9 Å². The molecule has 0 fully saturated rings. The summed E-state index contributed by atoms with van der Waals surface area (Å²) in [6.45, 7) is 0.197. The summed E-state index contributed by atoms with van der Waals surface area (Å²) in [6.07, 6.45) is 4.62. The number of nitrogens with zero attached hydrogens (tertiary/aromatic N) is 2. The smallest absolute Gasteiger partial charge is 0.290 e. The first kappa shape index (κ1) is 18.5. The number of aliphatic hydroxyl groups is 1. The van der Waals surface area contributed by atoms with Crippen LogP contribution in [0.2, 0.25) is 0 Å². The number of rotatable bonds is 6. The molecule has 7 heteroatoms. The second-order valence-corrected chi connectivity index (χ2v) is 6.54. The number of benzene rings is 1.